The molecular formula is C11H24N2O2. The Morgan fingerprint density at radius 3 is 2.67 bits per heavy atom. The molecule has 1 unspecified atom stereocenters. The van der Waals surface area contributed by atoms with Crippen LogP contribution in [0.4, 0.5) is 0 Å². The van der Waals surface area contributed by atoms with Gasteiger partial charge in [-0.05, 0) is 39.4 Å². The van der Waals surface area contributed by atoms with Gasteiger partial charge in [0, 0.05) is 6.04 Å². The molecule has 0 saturated carbocycles. The van der Waals surface area contributed by atoms with Gasteiger partial charge in [0.05, 0.1) is 0 Å². The van der Waals surface area contributed by atoms with Crippen molar-refractivity contribution in [3.8, 4) is 0 Å². The fourth-order valence-corrected chi connectivity index (χ4v) is 1.66. The summed E-state index contributed by atoms with van der Waals surface area (Å²) in [7, 11) is 2.09. The van der Waals surface area contributed by atoms with Gasteiger partial charge in [0.1, 0.15) is 6.61 Å². The van der Waals surface area contributed by atoms with Crippen LogP contribution in [0.1, 0.15) is 33.1 Å². The van der Waals surface area contributed by atoms with E-state index >= 15 is 0 Å². The molecule has 0 radical (unpaired) electrons. The summed E-state index contributed by atoms with van der Waals surface area (Å²) in [6.45, 7) is 5.73. The lowest BCUT2D eigenvalue weighted by molar-refractivity contribution is -0.124. The molecule has 1 aliphatic rings. The molecule has 1 aliphatic heterocycles. The first-order chi connectivity index (χ1) is 7.22. The maximum Gasteiger partial charge on any atom is 0.245 e. The lowest BCUT2D eigenvalue weighted by atomic mass is 10.1. The van der Waals surface area contributed by atoms with E-state index in [-0.39, 0.29) is 11.9 Å². The number of rotatable bonds is 2. The second-order valence-corrected chi connectivity index (χ2v) is 3.66. The smallest absolute Gasteiger partial charge is 0.245 e. The molecule has 0 spiro atoms. The van der Waals surface area contributed by atoms with Gasteiger partial charge in [0.15, 0.2) is 0 Å². The third-order valence-electron chi connectivity index (χ3n) is 2.46. The van der Waals surface area contributed by atoms with Crippen molar-refractivity contribution in [1.29, 1.82) is 0 Å². The zero-order chi connectivity index (χ0) is 11.7. The molecule has 1 saturated heterocycles. The van der Waals surface area contributed by atoms with Gasteiger partial charge in [-0.3, -0.25) is 4.79 Å². The Morgan fingerprint density at radius 1 is 1.40 bits per heavy atom. The van der Waals surface area contributed by atoms with Crippen molar-refractivity contribution in [2.75, 3.05) is 26.7 Å². The minimum absolute atomic E-state index is 0.254. The van der Waals surface area contributed by atoms with Crippen LogP contribution < -0.4 is 5.32 Å². The van der Waals surface area contributed by atoms with Crippen LogP contribution in [0.5, 0.6) is 0 Å². The molecule has 4 heteroatoms. The number of hydrogen-bond donors (Lipinski definition) is 2. The molecule has 15 heavy (non-hydrogen) atoms. The maximum atomic E-state index is 10.9. The number of hydrogen-bond acceptors (Lipinski definition) is 3. The molecule has 1 amide bonds. The highest BCUT2D eigenvalue weighted by Crippen LogP contribution is 2.09. The fourth-order valence-electron chi connectivity index (χ4n) is 1.66. The van der Waals surface area contributed by atoms with E-state index in [0.29, 0.717) is 0 Å². The molecular weight excluding hydrogens is 192 g/mol. The second-order valence-electron chi connectivity index (χ2n) is 3.66. The molecule has 1 rings (SSSR count). The van der Waals surface area contributed by atoms with E-state index < -0.39 is 6.61 Å². The van der Waals surface area contributed by atoms with Crippen LogP contribution in [0, 0.1) is 0 Å². The lowest BCUT2D eigenvalue weighted by Gasteiger charge is -2.15. The predicted molar refractivity (Wildman–Crippen MR) is 61.7 cm³/mol. The molecule has 0 aromatic heterocycles. The number of carbonyl (C=O) groups excluding carboxylic acids is 1. The van der Waals surface area contributed by atoms with Crippen molar-refractivity contribution in [3.05, 3.63) is 0 Å². The highest BCUT2D eigenvalue weighted by Gasteiger charge is 2.15. The molecule has 1 atom stereocenters. The van der Waals surface area contributed by atoms with E-state index in [4.69, 9.17) is 5.11 Å². The van der Waals surface area contributed by atoms with Gasteiger partial charge in [-0.25, -0.2) is 0 Å². The molecule has 0 aromatic rings. The summed E-state index contributed by atoms with van der Waals surface area (Å²) >= 11 is 0. The van der Waals surface area contributed by atoms with Crippen molar-refractivity contribution in [1.82, 2.24) is 10.2 Å². The molecule has 2 N–H and O–H groups in total. The first kappa shape index (κ1) is 14.4. The minimum atomic E-state index is -0.396. The van der Waals surface area contributed by atoms with Gasteiger partial charge in [-0.1, -0.05) is 13.8 Å². The van der Waals surface area contributed by atoms with E-state index in [2.05, 4.69) is 17.3 Å². The SMILES string of the molecule is CC.CN1CCCC(NC(=O)CO)CC1. The van der Waals surface area contributed by atoms with Crippen LogP contribution in [0.15, 0.2) is 0 Å². The number of nitrogens with one attached hydrogen (secondary N) is 1. The Kier molecular flexibility index (Phi) is 8.33. The summed E-state index contributed by atoms with van der Waals surface area (Å²) in [4.78, 5) is 13.2. The third kappa shape index (κ3) is 6.47. The van der Waals surface area contributed by atoms with Gasteiger partial charge < -0.3 is 15.3 Å². The highest BCUT2D eigenvalue weighted by atomic mass is 16.3. The highest BCUT2D eigenvalue weighted by molar-refractivity contribution is 5.77. The van der Waals surface area contributed by atoms with E-state index in [0.717, 1.165) is 32.4 Å². The number of likely N-dealkylation sites (tertiary alicyclic amines) is 1. The van der Waals surface area contributed by atoms with Gasteiger partial charge in [-0.2, -0.15) is 0 Å². The van der Waals surface area contributed by atoms with Gasteiger partial charge in [0.2, 0.25) is 5.91 Å². The molecule has 4 nitrogen and oxygen atoms in total. The summed E-state index contributed by atoms with van der Waals surface area (Å²) in [5, 5.41) is 11.4. The fraction of sp³-hybridized carbons (Fsp3) is 0.909. The molecule has 0 aliphatic carbocycles. The van der Waals surface area contributed by atoms with Crippen molar-refractivity contribution < 1.29 is 9.90 Å². The van der Waals surface area contributed by atoms with Gasteiger partial charge in [0.25, 0.3) is 0 Å². The van der Waals surface area contributed by atoms with Crippen LogP contribution in [0.25, 0.3) is 0 Å². The summed E-state index contributed by atoms with van der Waals surface area (Å²) in [6, 6.07) is 0.254. The van der Waals surface area contributed by atoms with Crippen molar-refractivity contribution in [2.24, 2.45) is 0 Å². The van der Waals surface area contributed by atoms with Crippen LogP contribution in [0.3, 0.4) is 0 Å². The number of carbonyl (C=O) groups is 1. The zero-order valence-electron chi connectivity index (χ0n) is 10.1. The molecule has 1 fully saturated rings. The Balaban J connectivity index is 0.000000921. The first-order valence-electron chi connectivity index (χ1n) is 5.81. The van der Waals surface area contributed by atoms with E-state index in [9.17, 15) is 4.79 Å². The monoisotopic (exact) mass is 216 g/mol. The number of aliphatic hydroxyl groups excluding tert-OH is 1. The summed E-state index contributed by atoms with van der Waals surface area (Å²) < 4.78 is 0. The predicted octanol–water partition coefficient (Wildman–Crippen LogP) is 0.605. The van der Waals surface area contributed by atoms with E-state index in [1.807, 2.05) is 13.8 Å². The quantitative estimate of drug-likeness (QED) is 0.711. The van der Waals surface area contributed by atoms with E-state index in [1.54, 1.807) is 0 Å². The van der Waals surface area contributed by atoms with E-state index in [1.165, 1.54) is 0 Å². The second kappa shape index (κ2) is 8.68. The standard InChI is InChI=1S/C9H18N2O2.C2H6/c1-11-5-2-3-8(4-6-11)10-9(13)7-12;1-2/h8,12H,2-7H2,1H3,(H,10,13);1-2H3. The Bertz CT molecular complexity index is 174. The van der Waals surface area contributed by atoms with Gasteiger partial charge in [-0.15, -0.1) is 0 Å². The topological polar surface area (TPSA) is 52.6 Å². The molecule has 1 heterocycles. The first-order valence-corrected chi connectivity index (χ1v) is 5.81. The summed E-state index contributed by atoms with van der Waals surface area (Å²) in [5.74, 6) is -0.255. The summed E-state index contributed by atoms with van der Waals surface area (Å²) in [6.07, 6.45) is 3.13. The average Bonchev–Trinajstić information content (AvgIpc) is 2.46. The third-order valence-corrected chi connectivity index (χ3v) is 2.46. The van der Waals surface area contributed by atoms with Gasteiger partial charge >= 0.3 is 0 Å². The van der Waals surface area contributed by atoms with Crippen molar-refractivity contribution >= 4 is 5.91 Å². The van der Waals surface area contributed by atoms with Crippen molar-refractivity contribution in [2.45, 2.75) is 39.2 Å². The molecule has 0 aromatic carbocycles. The van der Waals surface area contributed by atoms with Crippen LogP contribution in [0.2, 0.25) is 0 Å². The minimum Gasteiger partial charge on any atom is -0.387 e. The molecule has 90 valence electrons. The molecule has 0 bridgehead atoms. The zero-order valence-corrected chi connectivity index (χ0v) is 10.1. The van der Waals surface area contributed by atoms with Crippen LogP contribution >= 0.6 is 0 Å². The number of amides is 1. The lowest BCUT2D eigenvalue weighted by Crippen LogP contribution is -2.37. The Morgan fingerprint density at radius 2 is 2.07 bits per heavy atom. The average molecular weight is 216 g/mol. The van der Waals surface area contributed by atoms with Crippen LogP contribution in [-0.4, -0.2) is 48.7 Å². The number of nitrogens with zero attached hydrogens (tertiary/aromatic N) is 1. The summed E-state index contributed by atoms with van der Waals surface area (Å²) in [5.41, 5.74) is 0. The Labute approximate surface area is 92.7 Å². The van der Waals surface area contributed by atoms with Crippen LogP contribution in [-0.2, 0) is 4.79 Å². The maximum absolute atomic E-state index is 10.9. The number of aliphatic hydroxyl groups is 1. The largest absolute Gasteiger partial charge is 0.387 e. The normalized spacial score (nSPS) is 22.3. The Hall–Kier alpha value is -0.610. The van der Waals surface area contributed by atoms with Crippen molar-refractivity contribution in [3.63, 3.8) is 0 Å².